The average Bonchev–Trinajstić information content (AvgIpc) is 2.63. The van der Waals surface area contributed by atoms with Gasteiger partial charge in [-0.25, -0.2) is 12.8 Å². The molecule has 5 nitrogen and oxygen atoms in total. The molecule has 1 amide bonds. The van der Waals surface area contributed by atoms with Crippen LogP contribution in [0.5, 0.6) is 0 Å². The maximum atomic E-state index is 12.9. The van der Waals surface area contributed by atoms with Crippen LogP contribution in [0.25, 0.3) is 0 Å². The van der Waals surface area contributed by atoms with Crippen molar-refractivity contribution >= 4 is 45.0 Å². The number of sulfonamides is 1. The Balaban J connectivity index is 2.11. The van der Waals surface area contributed by atoms with E-state index in [1.54, 1.807) is 26.0 Å². The summed E-state index contributed by atoms with van der Waals surface area (Å²) in [5.74, 6) is -0.611. The molecule has 2 aromatic carbocycles. The van der Waals surface area contributed by atoms with Crippen molar-refractivity contribution in [2.75, 3.05) is 24.2 Å². The molecule has 0 aromatic heterocycles. The Morgan fingerprint density at radius 3 is 2.37 bits per heavy atom. The first kappa shape index (κ1) is 21.7. The van der Waals surface area contributed by atoms with Crippen molar-refractivity contribution in [1.82, 2.24) is 4.31 Å². The summed E-state index contributed by atoms with van der Waals surface area (Å²) in [6, 6.07) is 10.0. The zero-order valence-corrected chi connectivity index (χ0v) is 17.3. The zero-order chi connectivity index (χ0) is 20.0. The molecule has 27 heavy (non-hydrogen) atoms. The molecule has 0 bridgehead atoms. The number of hydrogen-bond donors (Lipinski definition) is 1. The first-order chi connectivity index (χ1) is 12.8. The number of carbonyl (C=O) groups is 1. The lowest BCUT2D eigenvalue weighted by Gasteiger charge is -2.19. The molecule has 0 spiro atoms. The Kier molecular flexibility index (Phi) is 7.67. The molecule has 0 aliphatic carbocycles. The molecule has 0 atom stereocenters. The van der Waals surface area contributed by atoms with Crippen LogP contribution in [-0.4, -0.2) is 37.5 Å². The van der Waals surface area contributed by atoms with Gasteiger partial charge < -0.3 is 5.32 Å². The van der Waals surface area contributed by atoms with Crippen molar-refractivity contribution in [1.29, 1.82) is 0 Å². The summed E-state index contributed by atoms with van der Waals surface area (Å²) < 4.78 is 39.5. The van der Waals surface area contributed by atoms with Crippen molar-refractivity contribution in [3.05, 3.63) is 53.3 Å². The predicted molar refractivity (Wildman–Crippen MR) is 107 cm³/mol. The van der Waals surface area contributed by atoms with Crippen LogP contribution in [0.4, 0.5) is 10.1 Å². The third kappa shape index (κ3) is 5.68. The third-order valence-electron chi connectivity index (χ3n) is 3.74. The summed E-state index contributed by atoms with van der Waals surface area (Å²) in [4.78, 5) is 13.0. The number of carbonyl (C=O) groups excluding carboxylic acids is 1. The number of hydrogen-bond acceptors (Lipinski definition) is 4. The largest absolute Gasteiger partial charge is 0.324 e. The van der Waals surface area contributed by atoms with Gasteiger partial charge in [0, 0.05) is 18.0 Å². The van der Waals surface area contributed by atoms with Crippen LogP contribution in [-0.2, 0) is 14.8 Å². The first-order valence-corrected chi connectivity index (χ1v) is 11.1. The summed E-state index contributed by atoms with van der Waals surface area (Å²) in [5.41, 5.74) is 0.231. The standard InChI is InChI=1S/C18H20ClFN2O3S2/c1-3-22(4-2)27(24,25)15-9-10-16(19)17(11-15)21-18(23)12-26-14-7-5-13(20)6-8-14/h5-11H,3-4,12H2,1-2H3,(H,21,23). The Morgan fingerprint density at radius 1 is 1.15 bits per heavy atom. The van der Waals surface area contributed by atoms with E-state index in [9.17, 15) is 17.6 Å². The predicted octanol–water partition coefficient (Wildman–Crippen LogP) is 4.24. The number of anilines is 1. The van der Waals surface area contributed by atoms with Gasteiger partial charge in [0.1, 0.15) is 5.82 Å². The molecule has 9 heteroatoms. The molecule has 0 aliphatic rings. The van der Waals surface area contributed by atoms with Crippen LogP contribution in [0.15, 0.2) is 52.3 Å². The van der Waals surface area contributed by atoms with Crippen LogP contribution < -0.4 is 5.32 Å². The van der Waals surface area contributed by atoms with Gasteiger partial charge >= 0.3 is 0 Å². The Morgan fingerprint density at radius 2 is 1.78 bits per heavy atom. The Labute approximate surface area is 168 Å². The fourth-order valence-electron chi connectivity index (χ4n) is 2.34. The molecule has 0 fully saturated rings. The van der Waals surface area contributed by atoms with Crippen molar-refractivity contribution in [2.24, 2.45) is 0 Å². The summed E-state index contributed by atoms with van der Waals surface area (Å²) in [7, 11) is -3.65. The summed E-state index contributed by atoms with van der Waals surface area (Å²) in [6.45, 7) is 4.20. The second-order valence-corrected chi connectivity index (χ2v) is 8.92. The fraction of sp³-hybridized carbons (Fsp3) is 0.278. The molecule has 2 aromatic rings. The summed E-state index contributed by atoms with van der Waals surface area (Å²) in [5, 5.41) is 2.87. The highest BCUT2D eigenvalue weighted by Crippen LogP contribution is 2.27. The number of rotatable bonds is 8. The van der Waals surface area contributed by atoms with E-state index in [0.29, 0.717) is 13.1 Å². The fourth-order valence-corrected chi connectivity index (χ4v) is 4.69. The minimum atomic E-state index is -3.65. The number of amides is 1. The highest BCUT2D eigenvalue weighted by molar-refractivity contribution is 8.00. The van der Waals surface area contributed by atoms with Gasteiger partial charge in [0.2, 0.25) is 15.9 Å². The second-order valence-electron chi connectivity index (χ2n) is 5.52. The summed E-state index contributed by atoms with van der Waals surface area (Å²) >= 11 is 7.34. The number of nitrogens with one attached hydrogen (secondary N) is 1. The maximum absolute atomic E-state index is 12.9. The van der Waals surface area contributed by atoms with Gasteiger partial charge in [-0.15, -0.1) is 11.8 Å². The number of benzene rings is 2. The van der Waals surface area contributed by atoms with Gasteiger partial charge in [-0.05, 0) is 42.5 Å². The lowest BCUT2D eigenvalue weighted by Crippen LogP contribution is -2.30. The normalized spacial score (nSPS) is 11.6. The van der Waals surface area contributed by atoms with Gasteiger partial charge in [-0.2, -0.15) is 4.31 Å². The molecular formula is C18H20ClFN2O3S2. The minimum Gasteiger partial charge on any atom is -0.324 e. The van der Waals surface area contributed by atoms with E-state index in [2.05, 4.69) is 5.32 Å². The molecule has 146 valence electrons. The van der Waals surface area contributed by atoms with E-state index in [-0.39, 0.29) is 33.1 Å². The molecule has 0 saturated heterocycles. The highest BCUT2D eigenvalue weighted by Gasteiger charge is 2.22. The quantitative estimate of drug-likeness (QED) is 0.636. The van der Waals surface area contributed by atoms with Gasteiger partial charge in [-0.1, -0.05) is 25.4 Å². The molecule has 0 heterocycles. The van der Waals surface area contributed by atoms with Crippen LogP contribution in [0, 0.1) is 5.82 Å². The van der Waals surface area contributed by atoms with Crippen LogP contribution >= 0.6 is 23.4 Å². The third-order valence-corrected chi connectivity index (χ3v) is 7.13. The highest BCUT2D eigenvalue weighted by atomic mass is 35.5. The molecule has 0 unspecified atom stereocenters. The topological polar surface area (TPSA) is 66.5 Å². The number of halogens is 2. The SMILES string of the molecule is CCN(CC)S(=O)(=O)c1ccc(Cl)c(NC(=O)CSc2ccc(F)cc2)c1. The van der Waals surface area contributed by atoms with Crippen molar-refractivity contribution in [2.45, 2.75) is 23.6 Å². The van der Waals surface area contributed by atoms with Gasteiger partial charge in [0.25, 0.3) is 0 Å². The lowest BCUT2D eigenvalue weighted by molar-refractivity contribution is -0.113. The zero-order valence-electron chi connectivity index (χ0n) is 14.9. The van der Waals surface area contributed by atoms with E-state index < -0.39 is 10.0 Å². The molecule has 2 rings (SSSR count). The number of nitrogens with zero attached hydrogens (tertiary/aromatic N) is 1. The lowest BCUT2D eigenvalue weighted by atomic mass is 10.3. The van der Waals surface area contributed by atoms with Crippen molar-refractivity contribution < 1.29 is 17.6 Å². The maximum Gasteiger partial charge on any atom is 0.243 e. The molecule has 0 saturated carbocycles. The van der Waals surface area contributed by atoms with Crippen LogP contribution in [0.3, 0.4) is 0 Å². The summed E-state index contributed by atoms with van der Waals surface area (Å²) in [6.07, 6.45) is 0. The average molecular weight is 431 g/mol. The number of thioether (sulfide) groups is 1. The molecular weight excluding hydrogens is 411 g/mol. The van der Waals surface area contributed by atoms with Crippen LogP contribution in [0.1, 0.15) is 13.8 Å². The molecule has 0 radical (unpaired) electrons. The van der Waals surface area contributed by atoms with Crippen molar-refractivity contribution in [3.63, 3.8) is 0 Å². The molecule has 1 N–H and O–H groups in total. The van der Waals surface area contributed by atoms with E-state index in [4.69, 9.17) is 11.6 Å². The monoisotopic (exact) mass is 430 g/mol. The second kappa shape index (κ2) is 9.54. The minimum absolute atomic E-state index is 0.0667. The Hall–Kier alpha value is -1.61. The smallest absolute Gasteiger partial charge is 0.243 e. The van der Waals surface area contributed by atoms with Crippen molar-refractivity contribution in [3.8, 4) is 0 Å². The first-order valence-electron chi connectivity index (χ1n) is 8.25. The van der Waals surface area contributed by atoms with Crippen LogP contribution in [0.2, 0.25) is 5.02 Å². The van der Waals surface area contributed by atoms with Gasteiger partial charge in [0.15, 0.2) is 0 Å². The van der Waals surface area contributed by atoms with Gasteiger partial charge in [0.05, 0.1) is 21.4 Å². The van der Waals surface area contributed by atoms with Gasteiger partial charge in [-0.3, -0.25) is 4.79 Å². The molecule has 0 aliphatic heterocycles. The van der Waals surface area contributed by atoms with E-state index in [0.717, 1.165) is 4.90 Å². The Bertz CT molecular complexity index is 901. The van der Waals surface area contributed by atoms with E-state index in [1.807, 2.05) is 0 Å². The van der Waals surface area contributed by atoms with E-state index >= 15 is 0 Å². The van der Waals surface area contributed by atoms with E-state index in [1.165, 1.54) is 46.4 Å².